The fraction of sp³-hybridized carbons (Fsp3) is 0.471. The Morgan fingerprint density at radius 1 is 1.36 bits per heavy atom. The standard InChI is InChI=1S/C17H25N3O2/c1-13(7-10-21)19-14(2)15-5-6-17(22-3)16(11-15)12-20-9-4-8-18-20/h4-6,8-9,11,13-14,19,21H,7,10,12H2,1-3H3/t13-,14?/m1/s1. The summed E-state index contributed by atoms with van der Waals surface area (Å²) in [5.74, 6) is 0.870. The molecule has 0 saturated carbocycles. The Kier molecular flexibility index (Phi) is 5.98. The molecule has 22 heavy (non-hydrogen) atoms. The summed E-state index contributed by atoms with van der Waals surface area (Å²) in [6.45, 7) is 5.10. The monoisotopic (exact) mass is 303 g/mol. The number of hydrogen-bond donors (Lipinski definition) is 2. The van der Waals surface area contributed by atoms with Crippen molar-refractivity contribution in [2.24, 2.45) is 0 Å². The van der Waals surface area contributed by atoms with Crippen LogP contribution in [0.5, 0.6) is 5.75 Å². The predicted molar refractivity (Wildman–Crippen MR) is 87.0 cm³/mol. The number of rotatable bonds is 8. The third-order valence-corrected chi connectivity index (χ3v) is 3.79. The Hall–Kier alpha value is -1.85. The molecule has 1 unspecified atom stereocenters. The Labute approximate surface area is 131 Å². The van der Waals surface area contributed by atoms with Crippen LogP contribution in [0.1, 0.15) is 37.4 Å². The van der Waals surface area contributed by atoms with Gasteiger partial charge in [0.1, 0.15) is 5.75 Å². The minimum Gasteiger partial charge on any atom is -0.496 e. The number of nitrogens with zero attached hydrogens (tertiary/aromatic N) is 2. The van der Waals surface area contributed by atoms with Gasteiger partial charge < -0.3 is 15.2 Å². The summed E-state index contributed by atoms with van der Waals surface area (Å²) in [5, 5.41) is 16.8. The van der Waals surface area contributed by atoms with E-state index in [1.54, 1.807) is 13.3 Å². The van der Waals surface area contributed by atoms with Crippen molar-refractivity contribution in [3.63, 3.8) is 0 Å². The summed E-state index contributed by atoms with van der Waals surface area (Å²) < 4.78 is 7.34. The van der Waals surface area contributed by atoms with E-state index in [4.69, 9.17) is 9.84 Å². The molecule has 0 aliphatic rings. The van der Waals surface area contributed by atoms with Crippen LogP contribution in [0.2, 0.25) is 0 Å². The molecule has 2 N–H and O–H groups in total. The van der Waals surface area contributed by atoms with E-state index in [9.17, 15) is 0 Å². The van der Waals surface area contributed by atoms with E-state index >= 15 is 0 Å². The third-order valence-electron chi connectivity index (χ3n) is 3.79. The van der Waals surface area contributed by atoms with E-state index < -0.39 is 0 Å². The molecule has 0 aliphatic carbocycles. The van der Waals surface area contributed by atoms with Gasteiger partial charge in [-0.3, -0.25) is 4.68 Å². The summed E-state index contributed by atoms with van der Waals surface area (Å²) >= 11 is 0. The average Bonchev–Trinajstić information content (AvgIpc) is 3.00. The molecule has 0 radical (unpaired) electrons. The van der Waals surface area contributed by atoms with Crippen molar-refractivity contribution in [2.75, 3.05) is 13.7 Å². The molecular weight excluding hydrogens is 278 g/mol. The van der Waals surface area contributed by atoms with Gasteiger partial charge in [0.25, 0.3) is 0 Å². The lowest BCUT2D eigenvalue weighted by Crippen LogP contribution is -2.29. The zero-order valence-electron chi connectivity index (χ0n) is 13.5. The van der Waals surface area contributed by atoms with Gasteiger partial charge in [0.15, 0.2) is 0 Å². The Morgan fingerprint density at radius 2 is 2.18 bits per heavy atom. The first kappa shape index (κ1) is 16.5. The van der Waals surface area contributed by atoms with Gasteiger partial charge in [-0.2, -0.15) is 5.10 Å². The highest BCUT2D eigenvalue weighted by Crippen LogP contribution is 2.24. The molecular formula is C17H25N3O2. The quantitative estimate of drug-likeness (QED) is 0.786. The molecule has 1 heterocycles. The maximum Gasteiger partial charge on any atom is 0.123 e. The van der Waals surface area contributed by atoms with E-state index in [2.05, 4.69) is 36.4 Å². The van der Waals surface area contributed by atoms with Gasteiger partial charge >= 0.3 is 0 Å². The van der Waals surface area contributed by atoms with Crippen molar-refractivity contribution < 1.29 is 9.84 Å². The van der Waals surface area contributed by atoms with Crippen molar-refractivity contribution in [2.45, 2.75) is 38.9 Å². The molecule has 1 aromatic heterocycles. The second-order valence-electron chi connectivity index (χ2n) is 5.58. The van der Waals surface area contributed by atoms with Gasteiger partial charge in [-0.15, -0.1) is 0 Å². The Bertz CT molecular complexity index is 569. The first-order valence-electron chi connectivity index (χ1n) is 7.65. The number of aliphatic hydroxyl groups excluding tert-OH is 1. The number of hydrogen-bond acceptors (Lipinski definition) is 4. The minimum atomic E-state index is 0.202. The Morgan fingerprint density at radius 3 is 2.82 bits per heavy atom. The van der Waals surface area contributed by atoms with Crippen molar-refractivity contribution in [1.29, 1.82) is 0 Å². The highest BCUT2D eigenvalue weighted by Gasteiger charge is 2.12. The first-order chi connectivity index (χ1) is 10.6. The molecule has 0 spiro atoms. The van der Waals surface area contributed by atoms with Crippen LogP contribution in [-0.4, -0.2) is 34.6 Å². The summed E-state index contributed by atoms with van der Waals surface area (Å²) in [6, 6.07) is 8.64. The lowest BCUT2D eigenvalue weighted by molar-refractivity contribution is 0.264. The van der Waals surface area contributed by atoms with Crippen molar-refractivity contribution >= 4 is 0 Å². The zero-order chi connectivity index (χ0) is 15.9. The van der Waals surface area contributed by atoms with E-state index in [1.807, 2.05) is 23.0 Å². The van der Waals surface area contributed by atoms with Crippen molar-refractivity contribution in [3.05, 3.63) is 47.8 Å². The highest BCUT2D eigenvalue weighted by atomic mass is 16.5. The molecule has 0 fully saturated rings. The smallest absolute Gasteiger partial charge is 0.123 e. The fourth-order valence-corrected chi connectivity index (χ4v) is 2.56. The number of ether oxygens (including phenoxy) is 1. The number of benzene rings is 1. The second-order valence-corrected chi connectivity index (χ2v) is 5.58. The van der Waals surface area contributed by atoms with E-state index in [0.717, 1.165) is 17.7 Å². The Balaban J connectivity index is 2.15. The van der Waals surface area contributed by atoms with Crippen LogP contribution in [0.15, 0.2) is 36.7 Å². The average molecular weight is 303 g/mol. The maximum absolute atomic E-state index is 9.01. The van der Waals surface area contributed by atoms with Crippen molar-refractivity contribution in [3.8, 4) is 5.75 Å². The number of aliphatic hydroxyl groups is 1. The SMILES string of the molecule is COc1ccc(C(C)N[C@H](C)CCO)cc1Cn1cccn1. The van der Waals surface area contributed by atoms with Gasteiger partial charge in [-0.1, -0.05) is 6.07 Å². The predicted octanol–water partition coefficient (Wildman–Crippen LogP) is 2.36. The van der Waals surface area contributed by atoms with Crippen LogP contribution in [0.25, 0.3) is 0 Å². The second kappa shape index (κ2) is 7.96. The molecule has 2 atom stereocenters. The summed E-state index contributed by atoms with van der Waals surface area (Å²) in [6.07, 6.45) is 4.47. The first-order valence-corrected chi connectivity index (χ1v) is 7.65. The molecule has 5 heteroatoms. The van der Waals surface area contributed by atoms with Crippen LogP contribution in [0.3, 0.4) is 0 Å². The van der Waals surface area contributed by atoms with Gasteiger partial charge in [0.05, 0.1) is 13.7 Å². The third kappa shape index (κ3) is 4.32. The fourth-order valence-electron chi connectivity index (χ4n) is 2.56. The van der Waals surface area contributed by atoms with Gasteiger partial charge in [-0.05, 0) is 44.0 Å². The molecule has 0 aliphatic heterocycles. The maximum atomic E-state index is 9.01. The topological polar surface area (TPSA) is 59.3 Å². The van der Waals surface area contributed by atoms with Gasteiger partial charge in [-0.25, -0.2) is 0 Å². The molecule has 2 rings (SSSR count). The highest BCUT2D eigenvalue weighted by molar-refractivity contribution is 5.38. The molecule has 2 aromatic rings. The molecule has 0 saturated heterocycles. The summed E-state index contributed by atoms with van der Waals surface area (Å²) in [4.78, 5) is 0. The van der Waals surface area contributed by atoms with Crippen LogP contribution in [0.4, 0.5) is 0 Å². The molecule has 120 valence electrons. The van der Waals surface area contributed by atoms with E-state index in [-0.39, 0.29) is 18.7 Å². The van der Waals surface area contributed by atoms with Gasteiger partial charge in [0.2, 0.25) is 0 Å². The summed E-state index contributed by atoms with van der Waals surface area (Å²) in [5.41, 5.74) is 2.31. The van der Waals surface area contributed by atoms with E-state index in [1.165, 1.54) is 5.56 Å². The van der Waals surface area contributed by atoms with Crippen LogP contribution in [-0.2, 0) is 6.54 Å². The lowest BCUT2D eigenvalue weighted by Gasteiger charge is -2.21. The summed E-state index contributed by atoms with van der Waals surface area (Å²) in [7, 11) is 1.69. The van der Waals surface area contributed by atoms with E-state index in [0.29, 0.717) is 6.54 Å². The van der Waals surface area contributed by atoms with Crippen molar-refractivity contribution in [1.82, 2.24) is 15.1 Å². The largest absolute Gasteiger partial charge is 0.496 e. The van der Waals surface area contributed by atoms with Crippen LogP contribution >= 0.6 is 0 Å². The van der Waals surface area contributed by atoms with Crippen LogP contribution < -0.4 is 10.1 Å². The molecule has 1 aromatic carbocycles. The van der Waals surface area contributed by atoms with Gasteiger partial charge in [0, 0.05) is 36.6 Å². The normalized spacial score (nSPS) is 13.8. The molecule has 0 amide bonds. The number of nitrogens with one attached hydrogen (secondary N) is 1. The van der Waals surface area contributed by atoms with Crippen LogP contribution in [0, 0.1) is 0 Å². The minimum absolute atomic E-state index is 0.202. The molecule has 5 nitrogen and oxygen atoms in total. The number of aromatic nitrogens is 2. The zero-order valence-corrected chi connectivity index (χ0v) is 13.5. The number of methoxy groups -OCH3 is 1. The molecule has 0 bridgehead atoms. The lowest BCUT2D eigenvalue weighted by atomic mass is 10.0.